The molecule has 0 saturated carbocycles. The largest absolute Gasteiger partial charge is 0.476 e. The fourth-order valence-corrected chi connectivity index (χ4v) is 1.75. The van der Waals surface area contributed by atoms with E-state index in [1.165, 1.54) is 5.56 Å². The lowest BCUT2D eigenvalue weighted by molar-refractivity contribution is 0.0688. The summed E-state index contributed by atoms with van der Waals surface area (Å²) in [6.07, 6.45) is 0.989. The molecule has 0 spiro atoms. The van der Waals surface area contributed by atoms with E-state index in [1.807, 2.05) is 24.3 Å². The number of benzene rings is 1. The zero-order valence-corrected chi connectivity index (χ0v) is 10.3. The summed E-state index contributed by atoms with van der Waals surface area (Å²) in [7, 11) is 0. The summed E-state index contributed by atoms with van der Waals surface area (Å²) < 4.78 is 0. The standard InChI is InChI=1S/C14H14N2O2/c1-3-10-4-6-11(7-5-10)12-8-9(2)13(14(17)18)16-15-12/h4-8H,3H2,1-2H3,(H,17,18). The summed E-state index contributed by atoms with van der Waals surface area (Å²) in [5.41, 5.74) is 3.52. The molecule has 4 heteroatoms. The smallest absolute Gasteiger partial charge is 0.356 e. The van der Waals surface area contributed by atoms with Crippen LogP contribution in [0.5, 0.6) is 0 Å². The van der Waals surface area contributed by atoms with Gasteiger partial charge in [-0.25, -0.2) is 4.79 Å². The summed E-state index contributed by atoms with van der Waals surface area (Å²) >= 11 is 0. The number of aromatic nitrogens is 2. The number of nitrogens with zero attached hydrogens (tertiary/aromatic N) is 2. The molecule has 4 nitrogen and oxygen atoms in total. The molecular weight excluding hydrogens is 228 g/mol. The third-order valence-corrected chi connectivity index (χ3v) is 2.85. The van der Waals surface area contributed by atoms with Crippen molar-refractivity contribution in [3.8, 4) is 11.3 Å². The van der Waals surface area contributed by atoms with Gasteiger partial charge in [0.05, 0.1) is 5.69 Å². The first-order chi connectivity index (χ1) is 8.61. The summed E-state index contributed by atoms with van der Waals surface area (Å²) in [5, 5.41) is 16.6. The lowest BCUT2D eigenvalue weighted by Crippen LogP contribution is -2.05. The van der Waals surface area contributed by atoms with E-state index in [1.54, 1.807) is 13.0 Å². The zero-order chi connectivity index (χ0) is 13.1. The highest BCUT2D eigenvalue weighted by Crippen LogP contribution is 2.19. The number of carboxylic acids is 1. The lowest BCUT2D eigenvalue weighted by Gasteiger charge is -2.04. The molecule has 0 amide bonds. The highest BCUT2D eigenvalue weighted by atomic mass is 16.4. The Labute approximate surface area is 105 Å². The third kappa shape index (κ3) is 2.37. The van der Waals surface area contributed by atoms with Gasteiger partial charge in [0.1, 0.15) is 0 Å². The minimum absolute atomic E-state index is 0.00364. The van der Waals surface area contributed by atoms with Gasteiger partial charge in [0.25, 0.3) is 0 Å². The monoisotopic (exact) mass is 242 g/mol. The van der Waals surface area contributed by atoms with E-state index < -0.39 is 5.97 Å². The number of hydrogen-bond donors (Lipinski definition) is 1. The van der Waals surface area contributed by atoms with Crippen LogP contribution in [0, 0.1) is 6.92 Å². The van der Waals surface area contributed by atoms with Crippen LogP contribution >= 0.6 is 0 Å². The summed E-state index contributed by atoms with van der Waals surface area (Å²) in [6, 6.07) is 9.78. The van der Waals surface area contributed by atoms with Crippen molar-refractivity contribution in [2.45, 2.75) is 20.3 Å². The van der Waals surface area contributed by atoms with Crippen molar-refractivity contribution in [2.75, 3.05) is 0 Å². The lowest BCUT2D eigenvalue weighted by atomic mass is 10.1. The second kappa shape index (κ2) is 4.96. The van der Waals surface area contributed by atoms with Crippen LogP contribution in [0.1, 0.15) is 28.5 Å². The van der Waals surface area contributed by atoms with Gasteiger partial charge in [-0.15, -0.1) is 10.2 Å². The van der Waals surface area contributed by atoms with E-state index in [4.69, 9.17) is 5.11 Å². The molecule has 92 valence electrons. The summed E-state index contributed by atoms with van der Waals surface area (Å²) in [4.78, 5) is 10.9. The number of carbonyl (C=O) groups is 1. The molecule has 0 fully saturated rings. The third-order valence-electron chi connectivity index (χ3n) is 2.85. The van der Waals surface area contributed by atoms with Gasteiger partial charge >= 0.3 is 5.97 Å². The maximum atomic E-state index is 10.9. The van der Waals surface area contributed by atoms with Gasteiger partial charge < -0.3 is 5.11 Å². The maximum absolute atomic E-state index is 10.9. The van der Waals surface area contributed by atoms with Crippen LogP contribution in [-0.4, -0.2) is 21.3 Å². The Morgan fingerprint density at radius 1 is 1.22 bits per heavy atom. The molecule has 0 unspecified atom stereocenters. The minimum atomic E-state index is -1.05. The van der Waals surface area contributed by atoms with Crippen molar-refractivity contribution in [1.29, 1.82) is 0 Å². The maximum Gasteiger partial charge on any atom is 0.356 e. The van der Waals surface area contributed by atoms with Crippen molar-refractivity contribution in [2.24, 2.45) is 0 Å². The number of aryl methyl sites for hydroxylation is 2. The topological polar surface area (TPSA) is 63.1 Å². The predicted molar refractivity (Wildman–Crippen MR) is 68.5 cm³/mol. The molecule has 2 aromatic rings. The number of hydrogen-bond acceptors (Lipinski definition) is 3. The van der Waals surface area contributed by atoms with Crippen LogP contribution in [0.4, 0.5) is 0 Å². The van der Waals surface area contributed by atoms with E-state index in [9.17, 15) is 4.79 Å². The normalized spacial score (nSPS) is 10.3. The first-order valence-electron chi connectivity index (χ1n) is 5.78. The van der Waals surface area contributed by atoms with Crippen molar-refractivity contribution in [3.05, 3.63) is 47.2 Å². The van der Waals surface area contributed by atoms with E-state index in [2.05, 4.69) is 17.1 Å². The second-order valence-electron chi connectivity index (χ2n) is 4.12. The van der Waals surface area contributed by atoms with E-state index >= 15 is 0 Å². The molecule has 1 heterocycles. The molecule has 1 aromatic carbocycles. The minimum Gasteiger partial charge on any atom is -0.476 e. The predicted octanol–water partition coefficient (Wildman–Crippen LogP) is 2.71. The first kappa shape index (κ1) is 12.2. The van der Waals surface area contributed by atoms with Gasteiger partial charge in [-0.2, -0.15) is 0 Å². The summed E-state index contributed by atoms with van der Waals surface area (Å²) in [5.74, 6) is -1.05. The number of aromatic carboxylic acids is 1. The van der Waals surface area contributed by atoms with Crippen LogP contribution in [0.3, 0.4) is 0 Å². The van der Waals surface area contributed by atoms with Crippen molar-refractivity contribution in [1.82, 2.24) is 10.2 Å². The van der Waals surface area contributed by atoms with E-state index in [0.29, 0.717) is 11.3 Å². The molecular formula is C14H14N2O2. The Hall–Kier alpha value is -2.23. The second-order valence-corrected chi connectivity index (χ2v) is 4.12. The van der Waals surface area contributed by atoms with Crippen LogP contribution in [0.15, 0.2) is 30.3 Å². The van der Waals surface area contributed by atoms with Crippen LogP contribution in [-0.2, 0) is 6.42 Å². The summed E-state index contributed by atoms with van der Waals surface area (Å²) in [6.45, 7) is 3.82. The molecule has 1 aromatic heterocycles. The molecule has 0 aliphatic carbocycles. The fourth-order valence-electron chi connectivity index (χ4n) is 1.75. The van der Waals surface area contributed by atoms with E-state index in [-0.39, 0.29) is 5.69 Å². The molecule has 0 saturated heterocycles. The SMILES string of the molecule is CCc1ccc(-c2cc(C)c(C(=O)O)nn2)cc1. The van der Waals surface area contributed by atoms with Gasteiger partial charge in [0, 0.05) is 5.56 Å². The highest BCUT2D eigenvalue weighted by molar-refractivity contribution is 5.87. The Morgan fingerprint density at radius 2 is 1.89 bits per heavy atom. The first-order valence-corrected chi connectivity index (χ1v) is 5.78. The Bertz CT molecular complexity index is 577. The molecule has 18 heavy (non-hydrogen) atoms. The van der Waals surface area contributed by atoms with Crippen molar-refractivity contribution < 1.29 is 9.90 Å². The van der Waals surface area contributed by atoms with Crippen molar-refractivity contribution in [3.63, 3.8) is 0 Å². The molecule has 0 aliphatic rings. The molecule has 0 bridgehead atoms. The average Bonchev–Trinajstić information content (AvgIpc) is 2.38. The zero-order valence-electron chi connectivity index (χ0n) is 10.3. The molecule has 0 atom stereocenters. The van der Waals surface area contributed by atoms with Gasteiger partial charge in [-0.05, 0) is 30.5 Å². The van der Waals surface area contributed by atoms with Crippen LogP contribution in [0.2, 0.25) is 0 Å². The Balaban J connectivity index is 2.39. The number of rotatable bonds is 3. The molecule has 1 N–H and O–H groups in total. The molecule has 0 radical (unpaired) electrons. The quantitative estimate of drug-likeness (QED) is 0.898. The van der Waals surface area contributed by atoms with Gasteiger partial charge in [-0.1, -0.05) is 31.2 Å². The molecule has 2 rings (SSSR count). The Kier molecular flexibility index (Phi) is 3.37. The average molecular weight is 242 g/mol. The van der Waals surface area contributed by atoms with Crippen molar-refractivity contribution >= 4 is 5.97 Å². The Morgan fingerprint density at radius 3 is 2.39 bits per heavy atom. The van der Waals surface area contributed by atoms with E-state index in [0.717, 1.165) is 12.0 Å². The van der Waals surface area contributed by atoms with Gasteiger partial charge in [0.2, 0.25) is 0 Å². The van der Waals surface area contributed by atoms with Crippen LogP contribution in [0.25, 0.3) is 11.3 Å². The number of carboxylic acid groups (broad SMARTS) is 1. The van der Waals surface area contributed by atoms with Gasteiger partial charge in [-0.3, -0.25) is 0 Å². The molecule has 0 aliphatic heterocycles. The van der Waals surface area contributed by atoms with Gasteiger partial charge in [0.15, 0.2) is 5.69 Å². The fraction of sp³-hybridized carbons (Fsp3) is 0.214. The van der Waals surface area contributed by atoms with Crippen LogP contribution < -0.4 is 0 Å². The highest BCUT2D eigenvalue weighted by Gasteiger charge is 2.11.